The SMILES string of the molecule is O=NN(C(=O)c1ccc(Cl)cc1)c1ccccc1. The first-order chi connectivity index (χ1) is 8.72. The average Bonchev–Trinajstić information content (AvgIpc) is 2.41. The molecule has 0 aliphatic heterocycles. The molecule has 0 atom stereocenters. The van der Waals surface area contributed by atoms with Gasteiger partial charge in [-0.15, -0.1) is 4.91 Å². The number of nitrogens with zero attached hydrogens (tertiary/aromatic N) is 2. The van der Waals surface area contributed by atoms with Gasteiger partial charge in [-0.25, -0.2) is 0 Å². The van der Waals surface area contributed by atoms with E-state index < -0.39 is 5.91 Å². The van der Waals surface area contributed by atoms with Gasteiger partial charge in [-0.2, -0.15) is 5.01 Å². The summed E-state index contributed by atoms with van der Waals surface area (Å²) in [7, 11) is 0. The molecule has 0 bridgehead atoms. The molecule has 0 unspecified atom stereocenters. The quantitative estimate of drug-likeness (QED) is 0.624. The van der Waals surface area contributed by atoms with E-state index in [4.69, 9.17) is 11.6 Å². The highest BCUT2D eigenvalue weighted by Gasteiger charge is 2.18. The molecule has 5 heteroatoms. The molecule has 0 saturated heterocycles. The summed E-state index contributed by atoms with van der Waals surface area (Å²) in [4.78, 5) is 22.9. The van der Waals surface area contributed by atoms with Crippen LogP contribution in [0.15, 0.2) is 59.9 Å². The summed E-state index contributed by atoms with van der Waals surface area (Å²) in [5, 5.41) is 4.09. The van der Waals surface area contributed by atoms with Crippen LogP contribution in [0.3, 0.4) is 0 Å². The fraction of sp³-hybridized carbons (Fsp3) is 0. The van der Waals surface area contributed by atoms with Crippen LogP contribution in [0.25, 0.3) is 0 Å². The van der Waals surface area contributed by atoms with Crippen molar-refractivity contribution in [3.63, 3.8) is 0 Å². The number of carbonyl (C=O) groups excluding carboxylic acids is 1. The molecular formula is C13H9ClN2O2. The van der Waals surface area contributed by atoms with Crippen LogP contribution in [0.5, 0.6) is 0 Å². The van der Waals surface area contributed by atoms with Crippen LogP contribution in [0.1, 0.15) is 10.4 Å². The summed E-state index contributed by atoms with van der Waals surface area (Å²) in [6, 6.07) is 14.8. The summed E-state index contributed by atoms with van der Waals surface area (Å²) < 4.78 is 0. The van der Waals surface area contributed by atoms with Crippen LogP contribution in [0.2, 0.25) is 5.02 Å². The number of rotatable bonds is 3. The van der Waals surface area contributed by atoms with Crippen LogP contribution in [-0.2, 0) is 0 Å². The molecule has 0 saturated carbocycles. The molecule has 0 aliphatic carbocycles. The van der Waals surface area contributed by atoms with Crippen molar-refractivity contribution in [3.05, 3.63) is 70.1 Å². The Morgan fingerprint density at radius 1 is 1.00 bits per heavy atom. The minimum Gasteiger partial charge on any atom is -0.267 e. The number of benzene rings is 2. The lowest BCUT2D eigenvalue weighted by Crippen LogP contribution is -2.24. The molecule has 0 radical (unpaired) electrons. The van der Waals surface area contributed by atoms with Gasteiger partial charge in [0.1, 0.15) is 0 Å². The number of halogens is 1. The van der Waals surface area contributed by atoms with E-state index in [1.165, 1.54) is 0 Å². The van der Waals surface area contributed by atoms with E-state index >= 15 is 0 Å². The third kappa shape index (κ3) is 2.55. The summed E-state index contributed by atoms with van der Waals surface area (Å²) in [5.41, 5.74) is 0.773. The van der Waals surface area contributed by atoms with Gasteiger partial charge < -0.3 is 0 Å². The molecular weight excluding hydrogens is 252 g/mol. The molecule has 0 spiro atoms. The first kappa shape index (κ1) is 12.3. The minimum absolute atomic E-state index is 0.350. The van der Waals surface area contributed by atoms with Crippen LogP contribution < -0.4 is 5.01 Å². The Hall–Kier alpha value is -2.20. The maximum Gasteiger partial charge on any atom is 0.281 e. The third-order valence-corrected chi connectivity index (χ3v) is 2.62. The molecule has 0 aliphatic rings. The van der Waals surface area contributed by atoms with Crippen molar-refractivity contribution in [1.82, 2.24) is 0 Å². The molecule has 90 valence electrons. The highest BCUT2D eigenvalue weighted by Crippen LogP contribution is 2.18. The maximum atomic E-state index is 12.1. The molecule has 0 fully saturated rings. The van der Waals surface area contributed by atoms with E-state index in [9.17, 15) is 9.70 Å². The first-order valence-electron chi connectivity index (χ1n) is 5.20. The lowest BCUT2D eigenvalue weighted by Gasteiger charge is -2.13. The molecule has 18 heavy (non-hydrogen) atoms. The molecule has 0 heterocycles. The Morgan fingerprint density at radius 3 is 2.17 bits per heavy atom. The van der Waals surface area contributed by atoms with Crippen LogP contribution >= 0.6 is 11.6 Å². The molecule has 0 aromatic heterocycles. The lowest BCUT2D eigenvalue weighted by molar-refractivity contribution is 0.0987. The van der Waals surface area contributed by atoms with Gasteiger partial charge in [0.15, 0.2) is 0 Å². The van der Waals surface area contributed by atoms with Crippen molar-refractivity contribution >= 4 is 23.2 Å². The van der Waals surface area contributed by atoms with E-state index in [-0.39, 0.29) is 0 Å². The number of para-hydroxylation sites is 1. The second-order valence-electron chi connectivity index (χ2n) is 3.54. The van der Waals surface area contributed by atoms with Gasteiger partial charge in [-0.3, -0.25) is 4.79 Å². The molecule has 2 rings (SSSR count). The Bertz CT molecular complexity index is 555. The molecule has 2 aromatic carbocycles. The Balaban J connectivity index is 2.31. The fourth-order valence-electron chi connectivity index (χ4n) is 1.49. The van der Waals surface area contributed by atoms with Crippen molar-refractivity contribution in [2.45, 2.75) is 0 Å². The van der Waals surface area contributed by atoms with Crippen molar-refractivity contribution in [2.75, 3.05) is 5.01 Å². The summed E-state index contributed by atoms with van der Waals surface area (Å²) in [6.07, 6.45) is 0. The number of hydrogen-bond donors (Lipinski definition) is 0. The van der Waals surface area contributed by atoms with E-state index in [0.717, 1.165) is 5.01 Å². The van der Waals surface area contributed by atoms with Crippen LogP contribution in [0, 0.1) is 4.91 Å². The van der Waals surface area contributed by atoms with Gasteiger partial charge in [0.25, 0.3) is 5.91 Å². The predicted molar refractivity (Wildman–Crippen MR) is 70.5 cm³/mol. The zero-order chi connectivity index (χ0) is 13.0. The topological polar surface area (TPSA) is 49.7 Å². The maximum absolute atomic E-state index is 12.1. The number of amides is 1. The zero-order valence-corrected chi connectivity index (χ0v) is 10.0. The predicted octanol–water partition coefficient (Wildman–Crippen LogP) is 3.67. The van der Waals surface area contributed by atoms with Gasteiger partial charge in [0.2, 0.25) is 0 Å². The zero-order valence-electron chi connectivity index (χ0n) is 9.29. The summed E-state index contributed by atoms with van der Waals surface area (Å²) in [5.74, 6) is -0.493. The molecule has 2 aromatic rings. The van der Waals surface area contributed by atoms with E-state index in [2.05, 4.69) is 5.29 Å². The number of anilines is 1. The van der Waals surface area contributed by atoms with Crippen molar-refractivity contribution < 1.29 is 4.79 Å². The molecule has 4 nitrogen and oxygen atoms in total. The summed E-state index contributed by atoms with van der Waals surface area (Å²) in [6.45, 7) is 0. The van der Waals surface area contributed by atoms with E-state index in [1.54, 1.807) is 54.6 Å². The van der Waals surface area contributed by atoms with Gasteiger partial charge >= 0.3 is 0 Å². The van der Waals surface area contributed by atoms with Crippen molar-refractivity contribution in [3.8, 4) is 0 Å². The Morgan fingerprint density at radius 2 is 1.61 bits per heavy atom. The van der Waals surface area contributed by atoms with E-state index in [1.807, 2.05) is 0 Å². The third-order valence-electron chi connectivity index (χ3n) is 2.37. The highest BCUT2D eigenvalue weighted by molar-refractivity contribution is 6.30. The van der Waals surface area contributed by atoms with Gasteiger partial charge in [0, 0.05) is 10.6 Å². The molecule has 0 N–H and O–H groups in total. The highest BCUT2D eigenvalue weighted by atomic mass is 35.5. The van der Waals surface area contributed by atoms with Gasteiger partial charge in [0.05, 0.1) is 11.0 Å². The fourth-order valence-corrected chi connectivity index (χ4v) is 1.61. The van der Waals surface area contributed by atoms with Crippen LogP contribution in [-0.4, -0.2) is 5.91 Å². The van der Waals surface area contributed by atoms with Gasteiger partial charge in [-0.1, -0.05) is 29.8 Å². The number of nitroso groups, excluding NO2 is 1. The lowest BCUT2D eigenvalue weighted by atomic mass is 10.2. The second-order valence-corrected chi connectivity index (χ2v) is 3.98. The monoisotopic (exact) mass is 260 g/mol. The van der Waals surface area contributed by atoms with Crippen molar-refractivity contribution in [1.29, 1.82) is 0 Å². The Kier molecular flexibility index (Phi) is 3.69. The molecule has 1 amide bonds. The number of hydrogen-bond acceptors (Lipinski definition) is 3. The largest absolute Gasteiger partial charge is 0.281 e. The van der Waals surface area contributed by atoms with Crippen molar-refractivity contribution in [2.24, 2.45) is 5.29 Å². The standard InChI is InChI=1S/C13H9ClN2O2/c14-11-8-6-10(7-9-11)13(17)16(15-18)12-4-2-1-3-5-12/h1-9H. The second kappa shape index (κ2) is 5.42. The number of carbonyl (C=O) groups is 1. The van der Waals surface area contributed by atoms with Crippen LogP contribution in [0.4, 0.5) is 5.69 Å². The summed E-state index contributed by atoms with van der Waals surface area (Å²) >= 11 is 5.74. The smallest absolute Gasteiger partial charge is 0.267 e. The minimum atomic E-state index is -0.493. The average molecular weight is 261 g/mol. The van der Waals surface area contributed by atoms with E-state index in [0.29, 0.717) is 16.3 Å². The van der Waals surface area contributed by atoms with Gasteiger partial charge in [-0.05, 0) is 36.4 Å². The normalized spacial score (nSPS) is 9.83. The Labute approximate surface area is 109 Å². The first-order valence-corrected chi connectivity index (χ1v) is 5.58.